The Morgan fingerprint density at radius 2 is 1.57 bits per heavy atom. The van der Waals surface area contributed by atoms with Crippen molar-refractivity contribution in [1.82, 2.24) is 9.99 Å². The molecule has 0 saturated heterocycles. The molecule has 3 aromatic carbocycles. The van der Waals surface area contributed by atoms with Gasteiger partial charge in [-0.25, -0.2) is 5.43 Å². The van der Waals surface area contributed by atoms with Gasteiger partial charge in [0.25, 0.3) is 5.91 Å². The molecule has 1 aromatic heterocycles. The molecule has 0 bridgehead atoms. The number of hydrazone groups is 1. The first-order valence-electron chi connectivity index (χ1n) is 11.2. The molecule has 0 fully saturated rings. The normalized spacial score (nSPS) is 12.8. The average Bonchev–Trinajstić information content (AvgIpc) is 3.47. The lowest BCUT2D eigenvalue weighted by atomic mass is 9.85. The number of aliphatic hydroxyl groups is 1. The molecule has 0 saturated carbocycles. The van der Waals surface area contributed by atoms with E-state index in [9.17, 15) is 9.90 Å². The number of aryl methyl sites for hydroxylation is 1. The molecule has 1 aliphatic rings. The van der Waals surface area contributed by atoms with E-state index in [0.29, 0.717) is 16.9 Å². The van der Waals surface area contributed by atoms with Gasteiger partial charge in [-0.3, -0.25) is 4.79 Å². The van der Waals surface area contributed by atoms with Crippen molar-refractivity contribution in [2.75, 3.05) is 6.79 Å². The minimum Gasteiger partial charge on any atom is -0.454 e. The fourth-order valence-corrected chi connectivity index (χ4v) is 4.37. The van der Waals surface area contributed by atoms with E-state index in [0.717, 1.165) is 28.4 Å². The highest BCUT2D eigenvalue weighted by atomic mass is 16.7. The lowest BCUT2D eigenvalue weighted by Gasteiger charge is -2.27. The molecule has 0 unspecified atom stereocenters. The molecule has 7 heteroatoms. The summed E-state index contributed by atoms with van der Waals surface area (Å²) >= 11 is 0. The van der Waals surface area contributed by atoms with Crippen LogP contribution in [0.2, 0.25) is 0 Å². The fourth-order valence-electron chi connectivity index (χ4n) is 4.37. The molecule has 5 rings (SSSR count). The molecule has 4 aromatic rings. The Morgan fingerprint density at radius 1 is 0.943 bits per heavy atom. The van der Waals surface area contributed by atoms with E-state index < -0.39 is 11.5 Å². The van der Waals surface area contributed by atoms with Crippen LogP contribution in [0, 0.1) is 13.8 Å². The number of rotatable bonds is 6. The highest BCUT2D eigenvalue weighted by molar-refractivity contribution is 5.91. The number of hydrogen-bond donors (Lipinski definition) is 2. The van der Waals surface area contributed by atoms with Gasteiger partial charge in [-0.1, -0.05) is 60.7 Å². The Morgan fingerprint density at radius 3 is 2.23 bits per heavy atom. The molecule has 0 radical (unpaired) electrons. The standard InChI is InChI=1S/C28H25N3O4/c1-19-15-21(20(2)31(19)24-13-14-25-26(16-24)35-18-34-25)17-29-30-27(32)28(33,22-9-5-3-6-10-22)23-11-7-4-8-12-23/h3-17,33H,18H2,1-2H3,(H,30,32)/b29-17+. The lowest BCUT2D eigenvalue weighted by molar-refractivity contribution is -0.136. The molecule has 0 aliphatic carbocycles. The Hall–Kier alpha value is -4.36. The second kappa shape index (κ2) is 9.12. The van der Waals surface area contributed by atoms with Crippen LogP contribution in [-0.4, -0.2) is 28.6 Å². The van der Waals surface area contributed by atoms with E-state index in [1.807, 2.05) is 50.2 Å². The topological polar surface area (TPSA) is 85.1 Å². The van der Waals surface area contributed by atoms with E-state index >= 15 is 0 Å². The zero-order valence-corrected chi connectivity index (χ0v) is 19.4. The quantitative estimate of drug-likeness (QED) is 0.329. The predicted molar refractivity (Wildman–Crippen MR) is 133 cm³/mol. The number of ether oxygens (including phenoxy) is 2. The monoisotopic (exact) mass is 467 g/mol. The molecule has 2 N–H and O–H groups in total. The van der Waals surface area contributed by atoms with E-state index in [2.05, 4.69) is 15.1 Å². The summed E-state index contributed by atoms with van der Waals surface area (Å²) in [5, 5.41) is 15.7. The third kappa shape index (κ3) is 4.06. The second-order valence-corrected chi connectivity index (χ2v) is 8.34. The van der Waals surface area contributed by atoms with E-state index in [-0.39, 0.29) is 6.79 Å². The zero-order valence-electron chi connectivity index (χ0n) is 19.4. The van der Waals surface area contributed by atoms with Gasteiger partial charge in [0.05, 0.1) is 6.21 Å². The maximum atomic E-state index is 13.2. The summed E-state index contributed by atoms with van der Waals surface area (Å²) in [6.07, 6.45) is 1.58. The number of carbonyl (C=O) groups is 1. The van der Waals surface area contributed by atoms with Crippen LogP contribution in [0.25, 0.3) is 5.69 Å². The number of fused-ring (bicyclic) bond motifs is 1. The van der Waals surface area contributed by atoms with Crippen LogP contribution < -0.4 is 14.9 Å². The summed E-state index contributed by atoms with van der Waals surface area (Å²) < 4.78 is 13.0. The van der Waals surface area contributed by atoms with Crippen LogP contribution in [0.3, 0.4) is 0 Å². The van der Waals surface area contributed by atoms with Crippen LogP contribution in [0.4, 0.5) is 0 Å². The highest BCUT2D eigenvalue weighted by Crippen LogP contribution is 2.35. The van der Waals surface area contributed by atoms with Crippen molar-refractivity contribution in [3.05, 3.63) is 113 Å². The average molecular weight is 468 g/mol. The number of nitrogens with zero attached hydrogens (tertiary/aromatic N) is 2. The minimum atomic E-state index is -1.89. The molecule has 2 heterocycles. The highest BCUT2D eigenvalue weighted by Gasteiger charge is 2.39. The molecule has 176 valence electrons. The van der Waals surface area contributed by atoms with Crippen LogP contribution in [0.1, 0.15) is 28.1 Å². The first-order chi connectivity index (χ1) is 17.0. The van der Waals surface area contributed by atoms with Crippen LogP contribution in [-0.2, 0) is 10.4 Å². The van der Waals surface area contributed by atoms with Gasteiger partial charge in [0, 0.05) is 28.7 Å². The fraction of sp³-hybridized carbons (Fsp3) is 0.143. The van der Waals surface area contributed by atoms with Crippen LogP contribution >= 0.6 is 0 Å². The van der Waals surface area contributed by atoms with Gasteiger partial charge < -0.3 is 19.1 Å². The van der Waals surface area contributed by atoms with Gasteiger partial charge in [0.1, 0.15) is 0 Å². The maximum Gasteiger partial charge on any atom is 0.281 e. The van der Waals surface area contributed by atoms with E-state index in [4.69, 9.17) is 9.47 Å². The smallest absolute Gasteiger partial charge is 0.281 e. The third-order valence-electron chi connectivity index (χ3n) is 6.17. The molecule has 1 aliphatic heterocycles. The molecule has 0 atom stereocenters. The van der Waals surface area contributed by atoms with Crippen molar-refractivity contribution in [3.8, 4) is 17.2 Å². The summed E-state index contributed by atoms with van der Waals surface area (Å²) in [6.45, 7) is 4.19. The molecule has 7 nitrogen and oxygen atoms in total. The van der Waals surface area contributed by atoms with E-state index in [1.54, 1.807) is 54.7 Å². The summed E-state index contributed by atoms with van der Waals surface area (Å²) in [7, 11) is 0. The van der Waals surface area contributed by atoms with Crippen molar-refractivity contribution in [2.45, 2.75) is 19.4 Å². The zero-order chi connectivity index (χ0) is 24.4. The largest absolute Gasteiger partial charge is 0.454 e. The predicted octanol–water partition coefficient (Wildman–Crippen LogP) is 4.21. The number of aromatic nitrogens is 1. The summed E-state index contributed by atoms with van der Waals surface area (Å²) in [5.41, 5.74) is 5.29. The van der Waals surface area contributed by atoms with Gasteiger partial charge in [-0.2, -0.15) is 5.10 Å². The Labute approximate surface area is 203 Å². The van der Waals surface area contributed by atoms with Crippen molar-refractivity contribution in [1.29, 1.82) is 0 Å². The van der Waals surface area contributed by atoms with Gasteiger partial charge in [-0.05, 0) is 43.2 Å². The first-order valence-corrected chi connectivity index (χ1v) is 11.2. The molecule has 0 spiro atoms. The number of carbonyl (C=O) groups excluding carboxylic acids is 1. The van der Waals surface area contributed by atoms with Crippen molar-refractivity contribution in [2.24, 2.45) is 5.10 Å². The first kappa shape index (κ1) is 22.4. The number of hydrogen-bond acceptors (Lipinski definition) is 5. The minimum absolute atomic E-state index is 0.221. The Balaban J connectivity index is 1.41. The lowest BCUT2D eigenvalue weighted by Crippen LogP contribution is -2.43. The van der Waals surface area contributed by atoms with Crippen molar-refractivity contribution >= 4 is 12.1 Å². The summed E-state index contributed by atoms with van der Waals surface area (Å²) in [6, 6.07) is 25.4. The second-order valence-electron chi connectivity index (χ2n) is 8.34. The van der Waals surface area contributed by atoms with Crippen molar-refractivity contribution in [3.63, 3.8) is 0 Å². The molecule has 35 heavy (non-hydrogen) atoms. The van der Waals surface area contributed by atoms with Gasteiger partial charge in [0.2, 0.25) is 6.79 Å². The van der Waals surface area contributed by atoms with Crippen LogP contribution in [0.5, 0.6) is 11.5 Å². The molecular formula is C28H25N3O4. The van der Waals surface area contributed by atoms with Gasteiger partial charge >= 0.3 is 0 Å². The Bertz CT molecular complexity index is 1360. The van der Waals surface area contributed by atoms with Crippen molar-refractivity contribution < 1.29 is 19.4 Å². The number of amides is 1. The van der Waals surface area contributed by atoms with Crippen LogP contribution in [0.15, 0.2) is 90.0 Å². The third-order valence-corrected chi connectivity index (χ3v) is 6.17. The molecular weight excluding hydrogens is 442 g/mol. The number of nitrogens with one attached hydrogen (secondary N) is 1. The number of benzene rings is 3. The summed E-state index contributed by atoms with van der Waals surface area (Å²) in [4.78, 5) is 13.2. The summed E-state index contributed by atoms with van der Waals surface area (Å²) in [5.74, 6) is 0.791. The van der Waals surface area contributed by atoms with Gasteiger partial charge in [-0.15, -0.1) is 0 Å². The molecule has 1 amide bonds. The maximum absolute atomic E-state index is 13.2. The van der Waals surface area contributed by atoms with E-state index in [1.165, 1.54) is 0 Å². The van der Waals surface area contributed by atoms with Gasteiger partial charge in [0.15, 0.2) is 17.1 Å². The SMILES string of the molecule is Cc1cc(/C=N/NC(=O)C(O)(c2ccccc2)c2ccccc2)c(C)n1-c1ccc2c(c1)OCO2. The Kier molecular flexibility index (Phi) is 5.84.